The molecule has 0 heterocycles. The van der Waals surface area contributed by atoms with Gasteiger partial charge in [0, 0.05) is 12.6 Å². The average molecular weight is 344 g/mol. The first-order valence-corrected chi connectivity index (χ1v) is 6.55. The van der Waals surface area contributed by atoms with Crippen LogP contribution in [0.2, 0.25) is 0 Å². The van der Waals surface area contributed by atoms with E-state index in [1.54, 1.807) is 12.1 Å². The highest BCUT2D eigenvalue weighted by Gasteiger charge is 2.08. The summed E-state index contributed by atoms with van der Waals surface area (Å²) in [5.41, 5.74) is 0.977. The van der Waals surface area contributed by atoms with Crippen LogP contribution >= 0.6 is 15.9 Å². The smallest absolute Gasteiger partial charge is 0.160 e. The summed E-state index contributed by atoms with van der Waals surface area (Å²) in [4.78, 5) is 0. The van der Waals surface area contributed by atoms with E-state index >= 15 is 0 Å². The number of benzene rings is 2. The molecule has 106 valence electrons. The fourth-order valence-electron chi connectivity index (χ4n) is 1.69. The Morgan fingerprint density at radius 1 is 1.20 bits per heavy atom. The third-order valence-corrected chi connectivity index (χ3v) is 3.34. The molecule has 3 nitrogen and oxygen atoms in total. The van der Waals surface area contributed by atoms with Gasteiger partial charge in [0.2, 0.25) is 0 Å². The molecule has 0 aromatic heterocycles. The Morgan fingerprint density at radius 2 is 1.95 bits per heavy atom. The van der Waals surface area contributed by atoms with E-state index in [9.17, 15) is 13.9 Å². The van der Waals surface area contributed by atoms with Crippen molar-refractivity contribution >= 4 is 21.6 Å². The molecule has 2 rings (SSSR count). The van der Waals surface area contributed by atoms with Crippen LogP contribution in [0.5, 0.6) is 11.5 Å². The standard InChI is InChI=1S/C14H12BrF2NO2/c1-20-14-4-8(2-3-13(14)19)7-18-12-5-9(15)10(16)6-11(12)17/h2-6,18-19H,7H2,1H3. The van der Waals surface area contributed by atoms with Crippen molar-refractivity contribution in [3.63, 3.8) is 0 Å². The fraction of sp³-hybridized carbons (Fsp3) is 0.143. The zero-order valence-electron chi connectivity index (χ0n) is 10.6. The van der Waals surface area contributed by atoms with Gasteiger partial charge in [0.1, 0.15) is 11.6 Å². The number of methoxy groups -OCH3 is 1. The Labute approximate surface area is 123 Å². The highest BCUT2D eigenvalue weighted by molar-refractivity contribution is 9.10. The summed E-state index contributed by atoms with van der Waals surface area (Å²) in [5.74, 6) is -0.951. The van der Waals surface area contributed by atoms with Crippen LogP contribution in [0.15, 0.2) is 34.8 Å². The second-order valence-electron chi connectivity index (χ2n) is 4.11. The molecular formula is C14H12BrF2NO2. The number of nitrogens with one attached hydrogen (secondary N) is 1. The lowest BCUT2D eigenvalue weighted by Crippen LogP contribution is -2.02. The number of hydrogen-bond donors (Lipinski definition) is 2. The molecule has 2 aromatic carbocycles. The van der Waals surface area contributed by atoms with Crippen molar-refractivity contribution in [1.29, 1.82) is 0 Å². The van der Waals surface area contributed by atoms with Gasteiger partial charge in [-0.25, -0.2) is 8.78 Å². The lowest BCUT2D eigenvalue weighted by molar-refractivity contribution is 0.373. The number of anilines is 1. The molecule has 0 fully saturated rings. The summed E-state index contributed by atoms with van der Waals surface area (Å²) in [7, 11) is 1.45. The summed E-state index contributed by atoms with van der Waals surface area (Å²) < 4.78 is 31.8. The van der Waals surface area contributed by atoms with Crippen molar-refractivity contribution in [1.82, 2.24) is 0 Å². The highest BCUT2D eigenvalue weighted by atomic mass is 79.9. The second-order valence-corrected chi connectivity index (χ2v) is 4.96. The van der Waals surface area contributed by atoms with Crippen LogP contribution < -0.4 is 10.1 Å². The van der Waals surface area contributed by atoms with E-state index in [1.807, 2.05) is 0 Å². The molecule has 0 aliphatic rings. The van der Waals surface area contributed by atoms with Crippen LogP contribution in [-0.2, 0) is 6.54 Å². The molecule has 0 spiro atoms. The third-order valence-electron chi connectivity index (χ3n) is 2.74. The predicted molar refractivity (Wildman–Crippen MR) is 76.0 cm³/mol. The zero-order valence-corrected chi connectivity index (χ0v) is 12.2. The van der Waals surface area contributed by atoms with Gasteiger partial charge in [-0.05, 0) is 39.7 Å². The number of hydrogen-bond acceptors (Lipinski definition) is 3. The number of ether oxygens (including phenoxy) is 1. The molecule has 0 aliphatic heterocycles. The van der Waals surface area contributed by atoms with Crippen molar-refractivity contribution in [3.05, 3.63) is 52.0 Å². The SMILES string of the molecule is COc1cc(CNc2cc(Br)c(F)cc2F)ccc1O. The maximum atomic E-state index is 13.6. The highest BCUT2D eigenvalue weighted by Crippen LogP contribution is 2.27. The van der Waals surface area contributed by atoms with Crippen LogP contribution in [0.25, 0.3) is 0 Å². The first kappa shape index (κ1) is 14.6. The molecule has 6 heteroatoms. The lowest BCUT2D eigenvalue weighted by atomic mass is 10.2. The molecule has 2 aromatic rings. The molecule has 2 N–H and O–H groups in total. The fourth-order valence-corrected chi connectivity index (χ4v) is 2.03. The van der Waals surface area contributed by atoms with Gasteiger partial charge in [0.15, 0.2) is 11.5 Å². The Morgan fingerprint density at radius 3 is 2.65 bits per heavy atom. The first-order valence-electron chi connectivity index (χ1n) is 5.75. The molecule has 0 radical (unpaired) electrons. The molecule has 0 unspecified atom stereocenters. The van der Waals surface area contributed by atoms with E-state index in [4.69, 9.17) is 4.74 Å². The summed E-state index contributed by atoms with van der Waals surface area (Å²) >= 11 is 3.00. The predicted octanol–water partition coefficient (Wildman–Crippen LogP) is 4.05. The Kier molecular flexibility index (Phi) is 4.44. The van der Waals surface area contributed by atoms with Crippen molar-refractivity contribution in [2.75, 3.05) is 12.4 Å². The second kappa shape index (κ2) is 6.09. The van der Waals surface area contributed by atoms with Gasteiger partial charge in [-0.3, -0.25) is 0 Å². The lowest BCUT2D eigenvalue weighted by Gasteiger charge is -2.10. The van der Waals surface area contributed by atoms with Crippen molar-refractivity contribution in [2.45, 2.75) is 6.54 Å². The number of aromatic hydroxyl groups is 1. The van der Waals surface area contributed by atoms with Crippen molar-refractivity contribution in [2.24, 2.45) is 0 Å². The molecule has 0 saturated heterocycles. The van der Waals surface area contributed by atoms with Crippen LogP contribution in [0.3, 0.4) is 0 Å². The van der Waals surface area contributed by atoms with E-state index in [-0.39, 0.29) is 15.9 Å². The maximum absolute atomic E-state index is 13.6. The van der Waals surface area contributed by atoms with E-state index < -0.39 is 11.6 Å². The molecule has 0 aliphatic carbocycles. The molecule has 0 amide bonds. The van der Waals surface area contributed by atoms with Crippen LogP contribution in [0.1, 0.15) is 5.56 Å². The summed E-state index contributed by atoms with van der Waals surface area (Å²) in [5, 5.41) is 12.3. The summed E-state index contributed by atoms with van der Waals surface area (Å²) in [6.07, 6.45) is 0. The number of halogens is 3. The van der Waals surface area contributed by atoms with Crippen molar-refractivity contribution in [3.8, 4) is 11.5 Å². The Bertz CT molecular complexity index is 635. The van der Waals surface area contributed by atoms with E-state index in [0.29, 0.717) is 12.3 Å². The molecule has 0 bridgehead atoms. The monoisotopic (exact) mass is 343 g/mol. The summed E-state index contributed by atoms with van der Waals surface area (Å²) in [6, 6.07) is 6.96. The average Bonchev–Trinajstić information content (AvgIpc) is 2.43. The van der Waals surface area contributed by atoms with Gasteiger partial charge >= 0.3 is 0 Å². The number of phenolic OH excluding ortho intramolecular Hbond substituents is 1. The minimum Gasteiger partial charge on any atom is -0.504 e. The minimum atomic E-state index is -0.670. The first-order chi connectivity index (χ1) is 9.51. The molecule has 0 saturated carbocycles. The van der Waals surface area contributed by atoms with Crippen LogP contribution in [-0.4, -0.2) is 12.2 Å². The molecular weight excluding hydrogens is 332 g/mol. The van der Waals surface area contributed by atoms with Gasteiger partial charge in [0.05, 0.1) is 17.3 Å². The third kappa shape index (κ3) is 3.19. The minimum absolute atomic E-state index is 0.0342. The molecule has 0 atom stereocenters. The van der Waals surface area contributed by atoms with Crippen LogP contribution in [0, 0.1) is 11.6 Å². The zero-order chi connectivity index (χ0) is 14.7. The number of rotatable bonds is 4. The van der Waals surface area contributed by atoms with E-state index in [1.165, 1.54) is 19.2 Å². The Hall–Kier alpha value is -1.82. The van der Waals surface area contributed by atoms with E-state index in [0.717, 1.165) is 11.6 Å². The van der Waals surface area contributed by atoms with Crippen molar-refractivity contribution < 1.29 is 18.6 Å². The quantitative estimate of drug-likeness (QED) is 0.822. The normalized spacial score (nSPS) is 10.4. The van der Waals surface area contributed by atoms with Gasteiger partial charge in [-0.2, -0.15) is 0 Å². The Balaban J connectivity index is 2.14. The van der Waals surface area contributed by atoms with E-state index in [2.05, 4.69) is 21.2 Å². The maximum Gasteiger partial charge on any atom is 0.160 e. The topological polar surface area (TPSA) is 41.5 Å². The van der Waals surface area contributed by atoms with Gasteiger partial charge in [-0.1, -0.05) is 6.07 Å². The molecule has 20 heavy (non-hydrogen) atoms. The van der Waals surface area contributed by atoms with Gasteiger partial charge in [0.25, 0.3) is 0 Å². The van der Waals surface area contributed by atoms with Gasteiger partial charge < -0.3 is 15.2 Å². The van der Waals surface area contributed by atoms with Crippen LogP contribution in [0.4, 0.5) is 14.5 Å². The number of phenols is 1. The summed E-state index contributed by atoms with van der Waals surface area (Å²) in [6.45, 7) is 0.311. The largest absolute Gasteiger partial charge is 0.504 e. The van der Waals surface area contributed by atoms with Gasteiger partial charge in [-0.15, -0.1) is 0 Å².